The van der Waals surface area contributed by atoms with Crippen molar-refractivity contribution >= 4 is 22.7 Å². The molecule has 0 bridgehead atoms. The second kappa shape index (κ2) is 7.65. The van der Waals surface area contributed by atoms with Crippen molar-refractivity contribution in [3.05, 3.63) is 28.8 Å². The molecule has 0 unspecified atom stereocenters. The Balaban J connectivity index is 1.81. The lowest BCUT2D eigenvalue weighted by Crippen LogP contribution is -2.44. The van der Waals surface area contributed by atoms with Crippen LogP contribution in [0.2, 0.25) is 0 Å². The third-order valence-electron chi connectivity index (χ3n) is 4.80. The first-order valence-electron chi connectivity index (χ1n) is 8.66. The fourth-order valence-electron chi connectivity index (χ4n) is 3.37. The van der Waals surface area contributed by atoms with Gasteiger partial charge in [0, 0.05) is 25.6 Å². The summed E-state index contributed by atoms with van der Waals surface area (Å²) < 4.78 is 11.8. The Morgan fingerprint density at radius 1 is 1.26 bits per heavy atom. The van der Waals surface area contributed by atoms with E-state index in [1.165, 1.54) is 30.0 Å². The van der Waals surface area contributed by atoms with Gasteiger partial charge in [-0.1, -0.05) is 0 Å². The molecule has 1 aliphatic heterocycles. The molecule has 1 fully saturated rings. The fourth-order valence-corrected chi connectivity index (χ4v) is 3.37. The number of fused-ring (bicyclic) bond motifs is 1. The molecule has 2 amide bonds. The molecular weight excluding hydrogens is 352 g/mol. The number of ether oxygens (including phenoxy) is 2. The number of amides is 2. The molecule has 27 heavy (non-hydrogen) atoms. The fraction of sp³-hybridized carbons (Fsp3) is 0.444. The first-order chi connectivity index (χ1) is 13.0. The first-order valence-corrected chi connectivity index (χ1v) is 8.66. The van der Waals surface area contributed by atoms with Crippen LogP contribution >= 0.6 is 0 Å². The van der Waals surface area contributed by atoms with E-state index in [9.17, 15) is 14.4 Å². The summed E-state index contributed by atoms with van der Waals surface area (Å²) in [5, 5.41) is 0.374. The number of likely N-dealkylation sites (tertiary alicyclic amines) is 1. The number of aromatic nitrogens is 2. The number of aryl methyl sites for hydroxylation is 1. The minimum absolute atomic E-state index is 0.0875. The lowest BCUT2D eigenvalue weighted by atomic mass is 10.2. The lowest BCUT2D eigenvalue weighted by molar-refractivity contribution is -0.137. The third-order valence-corrected chi connectivity index (χ3v) is 4.80. The number of methoxy groups -OCH3 is 2. The van der Waals surface area contributed by atoms with Crippen molar-refractivity contribution in [3.63, 3.8) is 0 Å². The summed E-state index contributed by atoms with van der Waals surface area (Å²) in [6.45, 7) is 0.672. The van der Waals surface area contributed by atoms with Crippen molar-refractivity contribution < 1.29 is 19.1 Å². The van der Waals surface area contributed by atoms with Crippen LogP contribution in [0.25, 0.3) is 10.9 Å². The summed E-state index contributed by atoms with van der Waals surface area (Å²) in [5.74, 6) is 0.220. The largest absolute Gasteiger partial charge is 0.493 e. The van der Waals surface area contributed by atoms with Gasteiger partial charge in [-0.2, -0.15) is 0 Å². The van der Waals surface area contributed by atoms with E-state index < -0.39 is 11.9 Å². The quantitative estimate of drug-likeness (QED) is 0.776. The second-order valence-electron chi connectivity index (χ2n) is 6.36. The second-order valence-corrected chi connectivity index (χ2v) is 6.36. The monoisotopic (exact) mass is 374 g/mol. The number of nitrogens with two attached hydrogens (primary N) is 1. The molecule has 0 saturated carbocycles. The van der Waals surface area contributed by atoms with Crippen molar-refractivity contribution in [1.82, 2.24) is 14.5 Å². The van der Waals surface area contributed by atoms with Crippen LogP contribution in [0.4, 0.5) is 0 Å². The third kappa shape index (κ3) is 3.57. The van der Waals surface area contributed by atoms with Gasteiger partial charge in [-0.25, -0.2) is 4.98 Å². The highest BCUT2D eigenvalue weighted by Gasteiger charge is 2.32. The summed E-state index contributed by atoms with van der Waals surface area (Å²) in [4.78, 5) is 42.4. The summed E-state index contributed by atoms with van der Waals surface area (Å²) in [6.07, 6.45) is 2.82. The zero-order valence-corrected chi connectivity index (χ0v) is 15.3. The molecule has 2 aromatic rings. The van der Waals surface area contributed by atoms with Gasteiger partial charge < -0.3 is 20.1 Å². The normalized spacial score (nSPS) is 16.5. The molecule has 1 saturated heterocycles. The van der Waals surface area contributed by atoms with Crippen LogP contribution in [0.1, 0.15) is 19.3 Å². The Hall–Kier alpha value is -3.10. The zero-order valence-electron chi connectivity index (χ0n) is 15.3. The number of nitrogens with zero attached hydrogens (tertiary/aromatic N) is 3. The minimum Gasteiger partial charge on any atom is -0.493 e. The number of primary amides is 1. The van der Waals surface area contributed by atoms with Crippen LogP contribution < -0.4 is 20.8 Å². The highest BCUT2D eigenvalue weighted by Crippen LogP contribution is 2.29. The van der Waals surface area contributed by atoms with Gasteiger partial charge in [-0.15, -0.1) is 0 Å². The van der Waals surface area contributed by atoms with Crippen LogP contribution in [-0.4, -0.2) is 53.1 Å². The number of carbonyl (C=O) groups excluding carboxylic acids is 2. The zero-order chi connectivity index (χ0) is 19.6. The van der Waals surface area contributed by atoms with Gasteiger partial charge in [0.25, 0.3) is 5.56 Å². The topological polar surface area (TPSA) is 117 Å². The predicted octanol–water partition coefficient (Wildman–Crippen LogP) is 0.280. The smallest absolute Gasteiger partial charge is 0.261 e. The maximum Gasteiger partial charge on any atom is 0.261 e. The van der Waals surface area contributed by atoms with E-state index in [1.807, 2.05) is 0 Å². The van der Waals surface area contributed by atoms with Gasteiger partial charge in [-0.05, 0) is 18.9 Å². The molecular formula is C18H22N4O5. The highest BCUT2D eigenvalue weighted by molar-refractivity contribution is 5.87. The van der Waals surface area contributed by atoms with Gasteiger partial charge >= 0.3 is 0 Å². The molecule has 144 valence electrons. The molecule has 1 aromatic heterocycles. The number of rotatable bonds is 6. The van der Waals surface area contributed by atoms with Crippen LogP contribution in [0.3, 0.4) is 0 Å². The Kier molecular flexibility index (Phi) is 5.29. The molecule has 3 rings (SSSR count). The van der Waals surface area contributed by atoms with Crippen molar-refractivity contribution in [2.75, 3.05) is 20.8 Å². The molecule has 0 spiro atoms. The maximum atomic E-state index is 12.7. The molecule has 0 aliphatic carbocycles. The van der Waals surface area contributed by atoms with E-state index in [4.69, 9.17) is 15.2 Å². The summed E-state index contributed by atoms with van der Waals surface area (Å²) in [6, 6.07) is 2.65. The van der Waals surface area contributed by atoms with Crippen LogP contribution in [0.15, 0.2) is 23.3 Å². The Morgan fingerprint density at radius 2 is 1.96 bits per heavy atom. The number of benzene rings is 1. The summed E-state index contributed by atoms with van der Waals surface area (Å²) >= 11 is 0. The lowest BCUT2D eigenvalue weighted by Gasteiger charge is -2.22. The number of hydrogen-bond acceptors (Lipinski definition) is 6. The van der Waals surface area contributed by atoms with Gasteiger partial charge in [0.05, 0.1) is 31.4 Å². The van der Waals surface area contributed by atoms with Crippen LogP contribution in [-0.2, 0) is 16.1 Å². The number of carbonyl (C=O) groups is 2. The molecule has 9 nitrogen and oxygen atoms in total. The van der Waals surface area contributed by atoms with Crippen molar-refractivity contribution in [2.45, 2.75) is 31.8 Å². The predicted molar refractivity (Wildman–Crippen MR) is 97.7 cm³/mol. The standard InChI is InChI=1S/C18H22N4O5/c1-26-14-8-11-12(9-15(14)27-2)20-10-21(18(11)25)7-5-16(23)22-6-3-4-13(22)17(19)24/h8-10,13H,3-7H2,1-2H3,(H2,19,24)/t13-/m1/s1. The molecule has 1 aliphatic rings. The number of hydrogen-bond donors (Lipinski definition) is 1. The van der Waals surface area contributed by atoms with E-state index >= 15 is 0 Å². The molecule has 2 N–H and O–H groups in total. The Morgan fingerprint density at radius 3 is 2.63 bits per heavy atom. The van der Waals surface area contributed by atoms with E-state index in [2.05, 4.69) is 4.98 Å². The van der Waals surface area contributed by atoms with E-state index in [-0.39, 0.29) is 24.4 Å². The van der Waals surface area contributed by atoms with Crippen LogP contribution in [0, 0.1) is 0 Å². The van der Waals surface area contributed by atoms with Crippen molar-refractivity contribution in [2.24, 2.45) is 5.73 Å². The van der Waals surface area contributed by atoms with Gasteiger partial charge in [0.15, 0.2) is 11.5 Å². The first kappa shape index (κ1) is 18.7. The molecule has 2 heterocycles. The Bertz CT molecular complexity index is 939. The molecule has 1 atom stereocenters. The molecule has 0 radical (unpaired) electrons. The van der Waals surface area contributed by atoms with E-state index in [0.717, 1.165) is 6.42 Å². The summed E-state index contributed by atoms with van der Waals surface area (Å²) in [7, 11) is 3.00. The van der Waals surface area contributed by atoms with E-state index in [1.54, 1.807) is 12.1 Å². The highest BCUT2D eigenvalue weighted by atomic mass is 16.5. The Labute approximate surface area is 155 Å². The minimum atomic E-state index is -0.555. The molecule has 9 heteroatoms. The van der Waals surface area contributed by atoms with Gasteiger partial charge in [0.1, 0.15) is 6.04 Å². The van der Waals surface area contributed by atoms with Crippen LogP contribution in [0.5, 0.6) is 11.5 Å². The van der Waals surface area contributed by atoms with Crippen molar-refractivity contribution in [3.8, 4) is 11.5 Å². The van der Waals surface area contributed by atoms with Gasteiger partial charge in [-0.3, -0.25) is 19.0 Å². The van der Waals surface area contributed by atoms with Gasteiger partial charge in [0.2, 0.25) is 11.8 Å². The molecule has 1 aromatic carbocycles. The van der Waals surface area contributed by atoms with Crippen molar-refractivity contribution in [1.29, 1.82) is 0 Å². The maximum absolute atomic E-state index is 12.7. The average molecular weight is 374 g/mol. The average Bonchev–Trinajstić information content (AvgIpc) is 3.16. The summed E-state index contributed by atoms with van der Waals surface area (Å²) in [5.41, 5.74) is 5.55. The SMILES string of the molecule is COc1cc2ncn(CCC(=O)N3CCC[C@@H]3C(N)=O)c(=O)c2cc1OC. The van der Waals surface area contributed by atoms with E-state index in [0.29, 0.717) is 35.4 Å².